The molecule has 0 aromatic heterocycles. The first-order valence-corrected chi connectivity index (χ1v) is 2.19. The summed E-state index contributed by atoms with van der Waals surface area (Å²) in [4.78, 5) is 25.6. The minimum absolute atomic E-state index is 0. The van der Waals surface area contributed by atoms with Crippen molar-refractivity contribution in [2.75, 3.05) is 0 Å². The number of hydrogen-bond acceptors (Lipinski definition) is 4. The van der Waals surface area contributed by atoms with Crippen LogP contribution in [0.2, 0.25) is 0 Å². The predicted octanol–water partition coefficient (Wildman–Crippen LogP) is -17.8. The summed E-state index contributed by atoms with van der Waals surface area (Å²) in [5.41, 5.74) is 0. The summed E-state index contributed by atoms with van der Waals surface area (Å²) in [5.74, 6) is 0. The maximum atomic E-state index is 8.55. The van der Waals surface area contributed by atoms with Gasteiger partial charge in [-0.25, -0.2) is 0 Å². The molecular weight excluding hydrogens is 272 g/mol. The van der Waals surface area contributed by atoms with Crippen LogP contribution in [0.5, 0.6) is 0 Å². The average Bonchev–Trinajstić information content (AvgIpc) is 0.722. The lowest BCUT2D eigenvalue weighted by Gasteiger charge is -2.36. The Kier molecular flexibility index (Phi) is 70.4. The third kappa shape index (κ3) is 288. The highest BCUT2D eigenvalue weighted by atomic mass is 35.5. The fourth-order valence-electron chi connectivity index (χ4n) is 0. The summed E-state index contributed by atoms with van der Waals surface area (Å²) in [6, 6.07) is 0. The predicted molar refractivity (Wildman–Crippen MR) is 7.61 cm³/mol. The summed E-state index contributed by atoms with van der Waals surface area (Å²) in [5, 5.41) is 0. The van der Waals surface area contributed by atoms with Crippen LogP contribution in [0.15, 0.2) is 0 Å². The number of rotatable bonds is 0. The molecule has 0 N–H and O–H groups in total. The first kappa shape index (κ1) is 41.7. The molecule has 0 radical (unpaired) electrons. The minimum Gasteiger partial charge on any atom is -1.00 e. The second-order valence-electron chi connectivity index (χ2n) is 0.447. The van der Waals surface area contributed by atoms with Crippen LogP contribution in [0, 0.1) is 0 Å². The molecule has 10 heteroatoms. The second kappa shape index (κ2) is 16.9. The SMILES string of the molecule is O=P([O-])([O-])[O-].[Cl-].[Cl-].[Cl-].[Cl-].[Cl-]. The molecule has 0 aromatic carbocycles. The van der Waals surface area contributed by atoms with Crippen LogP contribution in [-0.4, -0.2) is 0 Å². The highest BCUT2D eigenvalue weighted by molar-refractivity contribution is 7.40. The van der Waals surface area contributed by atoms with E-state index in [0.29, 0.717) is 0 Å². The van der Waals surface area contributed by atoms with Gasteiger partial charge in [0, 0.05) is 0 Å². The summed E-state index contributed by atoms with van der Waals surface area (Å²) < 4.78 is 8.55. The molecule has 0 spiro atoms. The van der Waals surface area contributed by atoms with E-state index in [-0.39, 0.29) is 62.0 Å². The summed E-state index contributed by atoms with van der Waals surface area (Å²) in [6.07, 6.45) is 0. The van der Waals surface area contributed by atoms with Crippen molar-refractivity contribution in [2.24, 2.45) is 0 Å². The molecule has 0 saturated carbocycles. The standard InChI is InChI=1S/5ClH.H3O4P/c;;;;;1-5(2,3)4/h5*1H;(H3,1,2,3,4)/p-8. The molecule has 4 nitrogen and oxygen atoms in total. The maximum Gasteiger partial charge on any atom is -0.159 e. The van der Waals surface area contributed by atoms with Gasteiger partial charge in [-0.1, -0.05) is 0 Å². The van der Waals surface area contributed by atoms with Crippen LogP contribution in [0.25, 0.3) is 0 Å². The van der Waals surface area contributed by atoms with Crippen molar-refractivity contribution in [1.82, 2.24) is 0 Å². The topological polar surface area (TPSA) is 86.2 Å². The van der Waals surface area contributed by atoms with Crippen molar-refractivity contribution in [3.63, 3.8) is 0 Å². The van der Waals surface area contributed by atoms with Gasteiger partial charge in [0.05, 0.1) is 0 Å². The van der Waals surface area contributed by atoms with E-state index in [2.05, 4.69) is 0 Å². The van der Waals surface area contributed by atoms with Crippen molar-refractivity contribution in [3.8, 4) is 0 Å². The zero-order valence-electron chi connectivity index (χ0n) is 3.97. The average molecular weight is 272 g/mol. The van der Waals surface area contributed by atoms with E-state index in [1.807, 2.05) is 0 Å². The minimum atomic E-state index is -5.39. The van der Waals surface area contributed by atoms with Gasteiger partial charge in [-0.05, 0) is 0 Å². The van der Waals surface area contributed by atoms with Gasteiger partial charge >= 0.3 is 0 Å². The molecule has 72 valence electrons. The molecule has 0 aliphatic rings. The van der Waals surface area contributed by atoms with Gasteiger partial charge in [0.1, 0.15) is 0 Å². The highest BCUT2D eigenvalue weighted by Gasteiger charge is 1.44. The van der Waals surface area contributed by atoms with Crippen LogP contribution < -0.4 is 76.7 Å². The van der Waals surface area contributed by atoms with Crippen molar-refractivity contribution < 1.29 is 81.3 Å². The molecular formula is Cl5O4P-8. The fourth-order valence-corrected chi connectivity index (χ4v) is 0. The molecule has 0 heterocycles. The van der Waals surface area contributed by atoms with E-state index in [4.69, 9.17) is 19.2 Å². The van der Waals surface area contributed by atoms with Crippen LogP contribution >= 0.6 is 7.82 Å². The van der Waals surface area contributed by atoms with E-state index in [0.717, 1.165) is 0 Å². The Morgan fingerprint density at radius 1 is 0.700 bits per heavy atom. The first-order valence-electron chi connectivity index (χ1n) is 0.730. The van der Waals surface area contributed by atoms with Gasteiger partial charge < -0.3 is 81.3 Å². The van der Waals surface area contributed by atoms with Gasteiger partial charge in [0.25, 0.3) is 0 Å². The second-order valence-corrected chi connectivity index (χ2v) is 1.34. The smallest absolute Gasteiger partial charge is 0.159 e. The van der Waals surface area contributed by atoms with Crippen LogP contribution in [0.1, 0.15) is 0 Å². The Bertz CT molecular complexity index is 59.8. The largest absolute Gasteiger partial charge is 1.00 e. The monoisotopic (exact) mass is 270 g/mol. The van der Waals surface area contributed by atoms with E-state index < -0.39 is 7.82 Å². The molecule has 10 heavy (non-hydrogen) atoms. The third-order valence-electron chi connectivity index (χ3n) is 0. The lowest BCUT2D eigenvalue weighted by atomic mass is 15.8. The lowest BCUT2D eigenvalue weighted by molar-refractivity contribution is -0.432. The Balaban J connectivity index is -0.00000000800. The van der Waals surface area contributed by atoms with E-state index in [1.54, 1.807) is 0 Å². The van der Waals surface area contributed by atoms with Gasteiger partial charge in [-0.15, -0.1) is 0 Å². The van der Waals surface area contributed by atoms with Crippen molar-refractivity contribution in [2.45, 2.75) is 0 Å². The Labute approximate surface area is 89.1 Å². The molecule has 0 fully saturated rings. The highest BCUT2D eigenvalue weighted by Crippen LogP contribution is 2.03. The van der Waals surface area contributed by atoms with Gasteiger partial charge in [0.2, 0.25) is 0 Å². The van der Waals surface area contributed by atoms with Crippen molar-refractivity contribution in [3.05, 3.63) is 0 Å². The molecule has 0 aliphatic heterocycles. The molecule has 0 bridgehead atoms. The normalized spacial score (nSPS) is 5.90. The molecule has 0 amide bonds. The van der Waals surface area contributed by atoms with Gasteiger partial charge in [-0.2, -0.15) is 7.82 Å². The van der Waals surface area contributed by atoms with Crippen molar-refractivity contribution in [1.29, 1.82) is 0 Å². The third-order valence-corrected chi connectivity index (χ3v) is 0. The molecule has 0 aliphatic carbocycles. The summed E-state index contributed by atoms with van der Waals surface area (Å²) in [6.45, 7) is 0. The first-order chi connectivity index (χ1) is 2.00. The molecule has 0 atom stereocenters. The Morgan fingerprint density at radius 2 is 0.700 bits per heavy atom. The number of hydrogen-bond donors (Lipinski definition) is 0. The van der Waals surface area contributed by atoms with E-state index >= 15 is 0 Å². The molecule has 0 aromatic rings. The van der Waals surface area contributed by atoms with Crippen molar-refractivity contribution >= 4 is 7.82 Å². The Morgan fingerprint density at radius 3 is 0.700 bits per heavy atom. The zero-order chi connectivity index (χ0) is 4.50. The number of halogens is 5. The Hall–Kier alpha value is 1.56. The summed E-state index contributed by atoms with van der Waals surface area (Å²) in [7, 11) is -5.39. The quantitative estimate of drug-likeness (QED) is 0.410. The summed E-state index contributed by atoms with van der Waals surface area (Å²) >= 11 is 0. The van der Waals surface area contributed by atoms with Crippen LogP contribution in [0.4, 0.5) is 0 Å². The van der Waals surface area contributed by atoms with Crippen LogP contribution in [0.3, 0.4) is 0 Å². The fraction of sp³-hybridized carbons (Fsp3) is 0. The molecule has 0 saturated heterocycles. The number of phosphoric acid groups is 1. The lowest BCUT2D eigenvalue weighted by Crippen LogP contribution is -3.00. The zero-order valence-corrected chi connectivity index (χ0v) is 8.64. The van der Waals surface area contributed by atoms with E-state index in [9.17, 15) is 0 Å². The van der Waals surface area contributed by atoms with E-state index in [1.165, 1.54) is 0 Å². The molecule has 0 rings (SSSR count). The maximum absolute atomic E-state index is 8.55. The van der Waals surface area contributed by atoms with Crippen LogP contribution in [-0.2, 0) is 4.57 Å². The molecule has 0 unspecified atom stereocenters. The van der Waals surface area contributed by atoms with Gasteiger partial charge in [0.15, 0.2) is 0 Å². The van der Waals surface area contributed by atoms with Gasteiger partial charge in [-0.3, -0.25) is 0 Å².